The van der Waals surface area contributed by atoms with Crippen molar-refractivity contribution >= 4 is 16.0 Å². The molecule has 0 aliphatic carbocycles. The van der Waals surface area contributed by atoms with Crippen LogP contribution in [0.2, 0.25) is 0 Å². The average molecular weight is 315 g/mol. The normalized spacial score (nSPS) is 13.2. The van der Waals surface area contributed by atoms with Crippen LogP contribution in [-0.4, -0.2) is 52.1 Å². The van der Waals surface area contributed by atoms with Gasteiger partial charge in [-0.25, -0.2) is 13.2 Å². The fourth-order valence-corrected chi connectivity index (χ4v) is 3.95. The van der Waals surface area contributed by atoms with Gasteiger partial charge in [0.15, 0.2) is 0 Å². The van der Waals surface area contributed by atoms with Crippen molar-refractivity contribution < 1.29 is 22.7 Å². The van der Waals surface area contributed by atoms with Crippen molar-refractivity contribution in [2.75, 3.05) is 27.4 Å². The molecule has 0 aliphatic rings. The Morgan fingerprint density at radius 1 is 1.29 bits per heavy atom. The number of esters is 1. The molecule has 1 rings (SSSR count). The first kappa shape index (κ1) is 17.6. The Morgan fingerprint density at radius 2 is 1.90 bits per heavy atom. The zero-order valence-electron chi connectivity index (χ0n) is 12.7. The summed E-state index contributed by atoms with van der Waals surface area (Å²) >= 11 is 0. The highest BCUT2D eigenvalue weighted by atomic mass is 32.2. The van der Waals surface area contributed by atoms with Crippen LogP contribution >= 0.6 is 0 Å². The van der Waals surface area contributed by atoms with Gasteiger partial charge in [0, 0.05) is 19.7 Å². The van der Waals surface area contributed by atoms with E-state index in [4.69, 9.17) is 4.74 Å². The number of hydrogen-bond donors (Lipinski definition) is 0. The highest BCUT2D eigenvalue weighted by molar-refractivity contribution is 7.89. The largest absolute Gasteiger partial charge is 0.465 e. The Balaban J connectivity index is 3.33. The van der Waals surface area contributed by atoms with E-state index in [1.807, 2.05) is 0 Å². The van der Waals surface area contributed by atoms with Gasteiger partial charge in [-0.2, -0.15) is 4.31 Å². The van der Waals surface area contributed by atoms with Crippen molar-refractivity contribution in [3.05, 3.63) is 29.8 Å². The zero-order valence-corrected chi connectivity index (χ0v) is 13.5. The van der Waals surface area contributed by atoms with Crippen LogP contribution in [0.4, 0.5) is 0 Å². The molecule has 1 aromatic rings. The average Bonchev–Trinajstić information content (AvgIpc) is 2.47. The molecule has 0 spiro atoms. The minimum atomic E-state index is -3.81. The molecule has 1 unspecified atom stereocenters. The summed E-state index contributed by atoms with van der Waals surface area (Å²) in [4.78, 5) is 11.7. The summed E-state index contributed by atoms with van der Waals surface area (Å²) < 4.78 is 36.5. The van der Waals surface area contributed by atoms with E-state index in [0.717, 1.165) is 0 Å². The van der Waals surface area contributed by atoms with Gasteiger partial charge in [-0.15, -0.1) is 0 Å². The van der Waals surface area contributed by atoms with E-state index < -0.39 is 16.0 Å². The quantitative estimate of drug-likeness (QED) is 0.713. The molecule has 0 N–H and O–H groups in total. The lowest BCUT2D eigenvalue weighted by molar-refractivity contribution is 0.0596. The lowest BCUT2D eigenvalue weighted by atomic mass is 10.2. The van der Waals surface area contributed by atoms with Gasteiger partial charge in [0.1, 0.15) is 0 Å². The Bertz CT molecular complexity index is 585. The number of nitrogens with zero attached hydrogens (tertiary/aromatic N) is 1. The van der Waals surface area contributed by atoms with Crippen LogP contribution in [0.5, 0.6) is 0 Å². The van der Waals surface area contributed by atoms with Crippen LogP contribution in [-0.2, 0) is 19.5 Å². The van der Waals surface area contributed by atoms with Gasteiger partial charge < -0.3 is 9.47 Å². The summed E-state index contributed by atoms with van der Waals surface area (Å²) in [7, 11) is -1.07. The van der Waals surface area contributed by atoms with E-state index in [1.165, 1.54) is 30.7 Å². The third-order valence-corrected chi connectivity index (χ3v) is 5.24. The maximum Gasteiger partial charge on any atom is 0.339 e. The van der Waals surface area contributed by atoms with Crippen LogP contribution in [0.3, 0.4) is 0 Å². The van der Waals surface area contributed by atoms with Crippen LogP contribution in [0.25, 0.3) is 0 Å². The molecule has 0 heterocycles. The van der Waals surface area contributed by atoms with Gasteiger partial charge in [0.2, 0.25) is 10.0 Å². The Kier molecular flexibility index (Phi) is 6.32. The molecular formula is C14H21NO5S. The van der Waals surface area contributed by atoms with Gasteiger partial charge in [0.25, 0.3) is 0 Å². The molecule has 0 saturated carbocycles. The molecule has 0 saturated heterocycles. The summed E-state index contributed by atoms with van der Waals surface area (Å²) in [5.74, 6) is -0.676. The Hall–Kier alpha value is -1.44. The number of sulfonamides is 1. The number of benzene rings is 1. The first-order valence-corrected chi connectivity index (χ1v) is 8.02. The van der Waals surface area contributed by atoms with Crippen molar-refractivity contribution in [1.29, 1.82) is 0 Å². The molecule has 0 aliphatic heterocycles. The summed E-state index contributed by atoms with van der Waals surface area (Å²) in [5.41, 5.74) is 0.0306. The smallest absolute Gasteiger partial charge is 0.339 e. The number of likely N-dealkylation sites (N-methyl/N-ethyl adjacent to an activating group) is 1. The van der Waals surface area contributed by atoms with E-state index in [9.17, 15) is 13.2 Å². The van der Waals surface area contributed by atoms with Gasteiger partial charge in [-0.1, -0.05) is 19.1 Å². The fraction of sp³-hybridized carbons (Fsp3) is 0.500. The van der Waals surface area contributed by atoms with Crippen LogP contribution < -0.4 is 0 Å². The van der Waals surface area contributed by atoms with Gasteiger partial charge >= 0.3 is 5.97 Å². The van der Waals surface area contributed by atoms with Gasteiger partial charge in [-0.3, -0.25) is 0 Å². The SMILES string of the molecule is CCN(C(C)COC)S(=O)(=O)c1ccccc1C(=O)OC. The maximum absolute atomic E-state index is 12.8. The van der Waals surface area contributed by atoms with Crippen LogP contribution in [0.1, 0.15) is 24.2 Å². The number of rotatable bonds is 7. The second-order valence-corrected chi connectivity index (χ2v) is 6.36. The highest BCUT2D eigenvalue weighted by Gasteiger charge is 2.31. The molecule has 0 bridgehead atoms. The van der Waals surface area contributed by atoms with Gasteiger partial charge in [-0.05, 0) is 19.1 Å². The monoisotopic (exact) mass is 315 g/mol. The van der Waals surface area contributed by atoms with Crippen LogP contribution in [0.15, 0.2) is 29.2 Å². The lowest BCUT2D eigenvalue weighted by Crippen LogP contribution is -2.41. The van der Waals surface area contributed by atoms with Crippen molar-refractivity contribution in [3.8, 4) is 0 Å². The summed E-state index contributed by atoms with van der Waals surface area (Å²) in [6.45, 7) is 4.05. The summed E-state index contributed by atoms with van der Waals surface area (Å²) in [5, 5.41) is 0. The maximum atomic E-state index is 12.8. The Labute approximate surface area is 125 Å². The first-order chi connectivity index (χ1) is 9.89. The molecular weight excluding hydrogens is 294 g/mol. The third kappa shape index (κ3) is 3.81. The molecule has 118 valence electrons. The molecule has 21 heavy (non-hydrogen) atoms. The fourth-order valence-electron chi connectivity index (χ4n) is 2.14. The predicted octanol–water partition coefficient (Wildman–Crippen LogP) is 1.52. The number of methoxy groups -OCH3 is 2. The van der Waals surface area contributed by atoms with E-state index in [-0.39, 0.29) is 29.7 Å². The molecule has 0 radical (unpaired) electrons. The minimum Gasteiger partial charge on any atom is -0.465 e. The second kappa shape index (κ2) is 7.53. The third-order valence-electron chi connectivity index (χ3n) is 3.09. The number of carbonyl (C=O) groups is 1. The number of ether oxygens (including phenoxy) is 2. The minimum absolute atomic E-state index is 0.0306. The lowest BCUT2D eigenvalue weighted by Gasteiger charge is -2.27. The summed E-state index contributed by atoms with van der Waals surface area (Å²) in [6, 6.07) is 5.68. The summed E-state index contributed by atoms with van der Waals surface area (Å²) in [6.07, 6.45) is 0. The molecule has 6 nitrogen and oxygen atoms in total. The molecule has 0 fully saturated rings. The van der Waals surface area contributed by atoms with E-state index >= 15 is 0 Å². The van der Waals surface area contributed by atoms with Crippen molar-refractivity contribution in [2.24, 2.45) is 0 Å². The second-order valence-electron chi connectivity index (χ2n) is 4.50. The molecule has 1 aromatic carbocycles. The Morgan fingerprint density at radius 3 is 2.43 bits per heavy atom. The van der Waals surface area contributed by atoms with E-state index in [1.54, 1.807) is 26.0 Å². The highest BCUT2D eigenvalue weighted by Crippen LogP contribution is 2.22. The number of hydrogen-bond acceptors (Lipinski definition) is 5. The van der Waals surface area contributed by atoms with E-state index in [0.29, 0.717) is 0 Å². The van der Waals surface area contributed by atoms with E-state index in [2.05, 4.69) is 4.74 Å². The number of carbonyl (C=O) groups excluding carboxylic acids is 1. The molecule has 1 atom stereocenters. The zero-order chi connectivity index (χ0) is 16.0. The van der Waals surface area contributed by atoms with Crippen molar-refractivity contribution in [1.82, 2.24) is 4.31 Å². The van der Waals surface area contributed by atoms with Crippen LogP contribution in [0, 0.1) is 0 Å². The predicted molar refractivity (Wildman–Crippen MR) is 78.7 cm³/mol. The van der Waals surface area contributed by atoms with Crippen molar-refractivity contribution in [3.63, 3.8) is 0 Å². The van der Waals surface area contributed by atoms with Crippen molar-refractivity contribution in [2.45, 2.75) is 24.8 Å². The standard InChI is InChI=1S/C14H21NO5S/c1-5-15(11(2)10-19-3)21(17,18)13-9-7-6-8-12(13)14(16)20-4/h6-9,11H,5,10H2,1-4H3. The molecule has 7 heteroatoms. The first-order valence-electron chi connectivity index (χ1n) is 6.58. The molecule has 0 amide bonds. The van der Waals surface area contributed by atoms with Gasteiger partial charge in [0.05, 0.1) is 24.2 Å². The topological polar surface area (TPSA) is 72.9 Å². The molecule has 0 aromatic heterocycles.